The van der Waals surface area contributed by atoms with Crippen LogP contribution in [-0.2, 0) is 0 Å². The number of benzene rings is 1. The van der Waals surface area contributed by atoms with Crippen molar-refractivity contribution in [3.8, 4) is 11.8 Å². The number of methoxy groups -OCH3 is 1. The van der Waals surface area contributed by atoms with Gasteiger partial charge in [0, 0.05) is 12.5 Å². The quantitative estimate of drug-likeness (QED) is 0.785. The minimum Gasteiger partial charge on any atom is -0.495 e. The number of hydrogen-bond acceptors (Lipinski definition) is 3. The number of ether oxygens (including phenoxy) is 1. The molecule has 3 heteroatoms. The van der Waals surface area contributed by atoms with Crippen molar-refractivity contribution in [2.24, 2.45) is 0 Å². The molecule has 1 radical (unpaired) electrons. The molecule has 0 aliphatic carbocycles. The van der Waals surface area contributed by atoms with E-state index in [1.165, 1.54) is 7.11 Å². The van der Waals surface area contributed by atoms with Gasteiger partial charge >= 0.3 is 0 Å². The maximum atomic E-state index is 8.96. The fraction of sp³-hybridized carbons (Fsp3) is 0.273. The van der Waals surface area contributed by atoms with Gasteiger partial charge in [-0.3, -0.25) is 0 Å². The standard InChI is InChI=1S/C11H12NO2/c1-8(7-13)9-4-3-5-11(14-2)10(9)6-12/h3-5,8,13H,1,7H2,2H3. The summed E-state index contributed by atoms with van der Waals surface area (Å²) in [5.74, 6) is 0.229. The number of nitriles is 1. The van der Waals surface area contributed by atoms with Gasteiger partial charge in [-0.15, -0.1) is 0 Å². The van der Waals surface area contributed by atoms with Gasteiger partial charge in [-0.25, -0.2) is 0 Å². The third kappa shape index (κ3) is 1.86. The maximum Gasteiger partial charge on any atom is 0.136 e. The Hall–Kier alpha value is -1.53. The Morgan fingerprint density at radius 1 is 1.64 bits per heavy atom. The molecule has 73 valence electrons. The molecule has 0 saturated heterocycles. The molecule has 0 heterocycles. The van der Waals surface area contributed by atoms with E-state index in [1.807, 2.05) is 0 Å². The highest BCUT2D eigenvalue weighted by Gasteiger charge is 2.13. The molecule has 0 amide bonds. The first-order valence-electron chi connectivity index (χ1n) is 4.25. The van der Waals surface area contributed by atoms with Crippen LogP contribution >= 0.6 is 0 Å². The highest BCUT2D eigenvalue weighted by Crippen LogP contribution is 2.26. The topological polar surface area (TPSA) is 53.2 Å². The van der Waals surface area contributed by atoms with Crippen molar-refractivity contribution < 1.29 is 9.84 Å². The summed E-state index contributed by atoms with van der Waals surface area (Å²) in [5, 5.41) is 17.9. The van der Waals surface area contributed by atoms with Crippen molar-refractivity contribution in [1.29, 1.82) is 5.26 Å². The van der Waals surface area contributed by atoms with E-state index in [-0.39, 0.29) is 12.5 Å². The normalized spacial score (nSPS) is 11.9. The molecule has 0 spiro atoms. The average Bonchev–Trinajstić information content (AvgIpc) is 2.26. The second-order valence-electron chi connectivity index (χ2n) is 2.92. The van der Waals surface area contributed by atoms with E-state index >= 15 is 0 Å². The average molecular weight is 190 g/mol. The highest BCUT2D eigenvalue weighted by atomic mass is 16.5. The first-order valence-corrected chi connectivity index (χ1v) is 4.25. The van der Waals surface area contributed by atoms with Crippen LogP contribution in [0.15, 0.2) is 18.2 Å². The van der Waals surface area contributed by atoms with Gasteiger partial charge < -0.3 is 9.84 Å². The molecular weight excluding hydrogens is 178 g/mol. The van der Waals surface area contributed by atoms with Gasteiger partial charge in [-0.1, -0.05) is 12.1 Å². The Balaban J connectivity index is 3.23. The fourth-order valence-corrected chi connectivity index (χ4v) is 1.28. The zero-order valence-electron chi connectivity index (χ0n) is 8.03. The van der Waals surface area contributed by atoms with Crippen molar-refractivity contribution in [1.82, 2.24) is 0 Å². The minimum atomic E-state index is -0.292. The van der Waals surface area contributed by atoms with Crippen molar-refractivity contribution in [2.45, 2.75) is 5.92 Å². The van der Waals surface area contributed by atoms with Crippen LogP contribution in [0.4, 0.5) is 0 Å². The van der Waals surface area contributed by atoms with E-state index < -0.39 is 0 Å². The van der Waals surface area contributed by atoms with Gasteiger partial charge in [0.15, 0.2) is 0 Å². The zero-order valence-corrected chi connectivity index (χ0v) is 8.03. The first-order chi connectivity index (χ1) is 6.74. The number of aliphatic hydroxyl groups excluding tert-OH is 1. The molecular formula is C11H12NO2. The molecule has 14 heavy (non-hydrogen) atoms. The summed E-state index contributed by atoms with van der Waals surface area (Å²) in [6.45, 7) is 3.67. The SMILES string of the molecule is [CH2]C(CO)c1cccc(OC)c1C#N. The first kappa shape index (κ1) is 10.6. The number of hydrogen-bond donors (Lipinski definition) is 1. The number of rotatable bonds is 3. The lowest BCUT2D eigenvalue weighted by Gasteiger charge is -2.12. The van der Waals surface area contributed by atoms with E-state index in [9.17, 15) is 0 Å². The summed E-state index contributed by atoms with van der Waals surface area (Å²) in [7, 11) is 1.51. The molecule has 0 fully saturated rings. The maximum absolute atomic E-state index is 8.96. The Morgan fingerprint density at radius 3 is 2.86 bits per heavy atom. The zero-order chi connectivity index (χ0) is 10.6. The van der Waals surface area contributed by atoms with Gasteiger partial charge in [0.25, 0.3) is 0 Å². The minimum absolute atomic E-state index is 0.0815. The lowest BCUT2D eigenvalue weighted by atomic mass is 9.96. The van der Waals surface area contributed by atoms with Gasteiger partial charge in [0.1, 0.15) is 11.8 Å². The van der Waals surface area contributed by atoms with E-state index in [4.69, 9.17) is 15.1 Å². The highest BCUT2D eigenvalue weighted by molar-refractivity contribution is 5.50. The Labute approximate surface area is 83.6 Å². The summed E-state index contributed by atoms with van der Waals surface area (Å²) < 4.78 is 5.04. The van der Waals surface area contributed by atoms with Crippen LogP contribution < -0.4 is 4.74 Å². The van der Waals surface area contributed by atoms with Crippen LogP contribution in [0, 0.1) is 18.3 Å². The molecule has 0 bridgehead atoms. The molecule has 1 rings (SSSR count). The third-order valence-corrected chi connectivity index (χ3v) is 2.05. The monoisotopic (exact) mass is 190 g/mol. The predicted octanol–water partition coefficient (Wildman–Crippen LogP) is 1.48. The van der Waals surface area contributed by atoms with E-state index in [1.54, 1.807) is 18.2 Å². The van der Waals surface area contributed by atoms with Crippen LogP contribution in [0.1, 0.15) is 17.0 Å². The summed E-state index contributed by atoms with van der Waals surface area (Å²) in [6.07, 6.45) is 0. The van der Waals surface area contributed by atoms with Gasteiger partial charge in [0.2, 0.25) is 0 Å². The van der Waals surface area contributed by atoms with Crippen LogP contribution in [0.2, 0.25) is 0 Å². The van der Waals surface area contributed by atoms with E-state index in [0.29, 0.717) is 16.9 Å². The molecule has 3 nitrogen and oxygen atoms in total. The summed E-state index contributed by atoms with van der Waals surface area (Å²) >= 11 is 0. The summed E-state index contributed by atoms with van der Waals surface area (Å²) in [5.41, 5.74) is 1.17. The molecule has 0 saturated carbocycles. The van der Waals surface area contributed by atoms with Crippen molar-refractivity contribution >= 4 is 0 Å². The lowest BCUT2D eigenvalue weighted by Crippen LogP contribution is -2.03. The molecule has 1 unspecified atom stereocenters. The van der Waals surface area contributed by atoms with Crippen LogP contribution in [-0.4, -0.2) is 18.8 Å². The fourth-order valence-electron chi connectivity index (χ4n) is 1.28. The van der Waals surface area contributed by atoms with Gasteiger partial charge in [-0.05, 0) is 18.6 Å². The molecule has 1 atom stereocenters. The van der Waals surface area contributed by atoms with E-state index in [0.717, 1.165) is 0 Å². The molecule has 1 aromatic rings. The Kier molecular flexibility index (Phi) is 3.49. The van der Waals surface area contributed by atoms with Crippen LogP contribution in [0.25, 0.3) is 0 Å². The third-order valence-electron chi connectivity index (χ3n) is 2.05. The van der Waals surface area contributed by atoms with Crippen molar-refractivity contribution in [3.05, 3.63) is 36.2 Å². The van der Waals surface area contributed by atoms with Crippen molar-refractivity contribution in [2.75, 3.05) is 13.7 Å². The van der Waals surface area contributed by atoms with Crippen LogP contribution in [0.5, 0.6) is 5.75 Å². The second kappa shape index (κ2) is 4.64. The second-order valence-corrected chi connectivity index (χ2v) is 2.92. The summed E-state index contributed by atoms with van der Waals surface area (Å²) in [4.78, 5) is 0. The van der Waals surface area contributed by atoms with Gasteiger partial charge in [-0.2, -0.15) is 5.26 Å². The van der Waals surface area contributed by atoms with Crippen LogP contribution in [0.3, 0.4) is 0 Å². The van der Waals surface area contributed by atoms with Crippen molar-refractivity contribution in [3.63, 3.8) is 0 Å². The molecule has 0 aromatic heterocycles. The van der Waals surface area contributed by atoms with E-state index in [2.05, 4.69) is 13.0 Å². The number of nitrogens with zero attached hydrogens (tertiary/aromatic N) is 1. The predicted molar refractivity (Wildman–Crippen MR) is 52.9 cm³/mol. The van der Waals surface area contributed by atoms with Gasteiger partial charge in [0.05, 0.1) is 12.7 Å². The molecule has 1 aromatic carbocycles. The molecule has 0 aliphatic heterocycles. The Bertz CT molecular complexity index is 355. The smallest absolute Gasteiger partial charge is 0.136 e. The molecule has 1 N–H and O–H groups in total. The largest absolute Gasteiger partial charge is 0.495 e. The number of aliphatic hydroxyl groups is 1. The Morgan fingerprint density at radius 2 is 2.36 bits per heavy atom. The molecule has 0 aliphatic rings. The lowest BCUT2D eigenvalue weighted by molar-refractivity contribution is 0.282. The summed E-state index contributed by atoms with van der Waals surface area (Å²) in [6, 6.07) is 7.32.